The number of amides is 1. The van der Waals surface area contributed by atoms with Gasteiger partial charge in [0.15, 0.2) is 5.65 Å². The summed E-state index contributed by atoms with van der Waals surface area (Å²) in [5, 5.41) is 10.8. The molecule has 0 spiro atoms. The van der Waals surface area contributed by atoms with Crippen LogP contribution in [-0.4, -0.2) is 66.3 Å². The Morgan fingerprint density at radius 2 is 1.71 bits per heavy atom. The normalized spacial score (nSPS) is 19.8. The molecule has 2 aliphatic carbocycles. The van der Waals surface area contributed by atoms with E-state index in [0.717, 1.165) is 37.1 Å². The van der Waals surface area contributed by atoms with E-state index < -0.39 is 23.2 Å². The fraction of sp³-hybridized carbons (Fsp3) is 0.457. The number of rotatable bonds is 5. The molecule has 13 heteroatoms. The number of ether oxygens (including phenoxy) is 1. The van der Waals surface area contributed by atoms with Gasteiger partial charge in [0.1, 0.15) is 29.6 Å². The second-order valence-corrected chi connectivity index (χ2v) is 14.1. The van der Waals surface area contributed by atoms with E-state index in [2.05, 4.69) is 21.0 Å². The number of hydrogen-bond donors (Lipinski definition) is 1. The van der Waals surface area contributed by atoms with Gasteiger partial charge in [0.2, 0.25) is 0 Å². The molecule has 2 saturated carbocycles. The van der Waals surface area contributed by atoms with Gasteiger partial charge in [-0.05, 0) is 72.4 Å². The molecule has 12 nitrogen and oxygen atoms in total. The van der Waals surface area contributed by atoms with Gasteiger partial charge in [0, 0.05) is 42.6 Å². The van der Waals surface area contributed by atoms with Gasteiger partial charge in [0.25, 0.3) is 0 Å². The Labute approximate surface area is 277 Å². The lowest BCUT2D eigenvalue weighted by Gasteiger charge is -2.44. The van der Waals surface area contributed by atoms with Crippen molar-refractivity contribution >= 4 is 28.6 Å². The minimum atomic E-state index is -0.651. The highest BCUT2D eigenvalue weighted by molar-refractivity contribution is 5.93. The molecule has 4 heterocycles. The number of pyridine rings is 1. The number of piperazine rings is 1. The van der Waals surface area contributed by atoms with E-state index in [0.29, 0.717) is 30.0 Å². The topological polar surface area (TPSA) is 156 Å². The van der Waals surface area contributed by atoms with Crippen molar-refractivity contribution in [2.75, 3.05) is 23.7 Å². The van der Waals surface area contributed by atoms with Crippen LogP contribution in [0.2, 0.25) is 0 Å². The van der Waals surface area contributed by atoms with Crippen LogP contribution in [0.25, 0.3) is 28.0 Å². The number of hydrogen-bond acceptors (Lipinski definition) is 10. The first-order valence-electron chi connectivity index (χ1n) is 16.4. The molecule has 48 heavy (non-hydrogen) atoms. The van der Waals surface area contributed by atoms with Crippen molar-refractivity contribution in [2.45, 2.75) is 89.8 Å². The van der Waals surface area contributed by atoms with Crippen molar-refractivity contribution in [1.82, 2.24) is 29.4 Å². The van der Waals surface area contributed by atoms with Crippen LogP contribution in [0.1, 0.15) is 89.1 Å². The van der Waals surface area contributed by atoms with Gasteiger partial charge in [-0.15, -0.1) is 0 Å². The van der Waals surface area contributed by atoms with Crippen LogP contribution in [0.3, 0.4) is 0 Å². The minimum absolute atomic E-state index is 0.148. The quantitative estimate of drug-likeness (QED) is 0.277. The number of fused-ring (bicyclic) bond motifs is 1. The first-order chi connectivity index (χ1) is 22.9. The van der Waals surface area contributed by atoms with E-state index in [4.69, 9.17) is 15.5 Å². The van der Waals surface area contributed by atoms with Crippen LogP contribution in [0.4, 0.5) is 20.7 Å². The molecular formula is C35H38FN9O3. The maximum Gasteiger partial charge on any atom is 0.410 e. The van der Waals surface area contributed by atoms with E-state index in [-0.39, 0.29) is 52.1 Å². The molecule has 248 valence electrons. The van der Waals surface area contributed by atoms with Gasteiger partial charge in [-0.2, -0.15) is 10.2 Å². The number of aromatic nitrogens is 5. The summed E-state index contributed by atoms with van der Waals surface area (Å²) < 4.78 is 21.9. The molecule has 1 aromatic carbocycles. The Morgan fingerprint density at radius 3 is 2.31 bits per heavy atom. The lowest BCUT2D eigenvalue weighted by Crippen LogP contribution is -2.59. The second kappa shape index (κ2) is 11.5. The molecule has 3 fully saturated rings. The van der Waals surface area contributed by atoms with Crippen LogP contribution in [0.5, 0.6) is 0 Å². The van der Waals surface area contributed by atoms with E-state index in [9.17, 15) is 19.2 Å². The highest BCUT2D eigenvalue weighted by atomic mass is 19.1. The molecule has 2 N–H and O–H groups in total. The van der Waals surface area contributed by atoms with Gasteiger partial charge in [-0.3, -0.25) is 0 Å². The molecule has 0 radical (unpaired) electrons. The van der Waals surface area contributed by atoms with E-state index in [1.807, 2.05) is 39.5 Å². The summed E-state index contributed by atoms with van der Waals surface area (Å²) in [6, 6.07) is 7.67. The first kappa shape index (κ1) is 31.5. The van der Waals surface area contributed by atoms with Crippen molar-refractivity contribution in [3.63, 3.8) is 0 Å². The third kappa shape index (κ3) is 5.59. The lowest BCUT2D eigenvalue weighted by atomic mass is 10.0. The molecule has 3 aliphatic rings. The van der Waals surface area contributed by atoms with Gasteiger partial charge in [-0.25, -0.2) is 33.5 Å². The maximum atomic E-state index is 14.7. The number of carbonyl (C=O) groups is 1. The molecule has 4 aromatic rings. The van der Waals surface area contributed by atoms with E-state index in [1.54, 1.807) is 23.4 Å². The number of carbonyl (C=O) groups excluding carboxylic acids is 1. The summed E-state index contributed by atoms with van der Waals surface area (Å²) in [5.74, 6) is 0.0663. The Morgan fingerprint density at radius 1 is 1.04 bits per heavy atom. The predicted octanol–water partition coefficient (Wildman–Crippen LogP) is 5.42. The Kier molecular flexibility index (Phi) is 7.57. The number of nitrogen functional groups attached to an aromatic ring is 1. The standard InChI is InChI=1S/C35H38FN9O3/c1-18-16-44(34(47)48-35(3,4)5)19(2)15-43(18)31-24-13-22(14-37)27(23-7-6-8-25(36)26(23)38)41-32(24)45(33(46)42-31)30-28(20-9-10-20)39-17-40-29(30)21-11-12-21/h6-8,13,17-21H,9-12,15-16,38H2,1-5H3/t18-,19+/m0/s1. The molecule has 1 saturated heterocycles. The van der Waals surface area contributed by atoms with Crippen molar-refractivity contribution in [3.05, 3.63) is 63.8 Å². The first-order valence-corrected chi connectivity index (χ1v) is 16.4. The summed E-state index contributed by atoms with van der Waals surface area (Å²) in [6.45, 7) is 10.0. The smallest absolute Gasteiger partial charge is 0.410 e. The zero-order chi connectivity index (χ0) is 34.1. The van der Waals surface area contributed by atoms with Gasteiger partial charge in [0.05, 0.1) is 39.4 Å². The predicted molar refractivity (Wildman–Crippen MR) is 178 cm³/mol. The van der Waals surface area contributed by atoms with Crippen molar-refractivity contribution < 1.29 is 13.9 Å². The van der Waals surface area contributed by atoms with Crippen molar-refractivity contribution in [1.29, 1.82) is 5.26 Å². The number of halogens is 1. The van der Waals surface area contributed by atoms with Crippen molar-refractivity contribution in [3.8, 4) is 23.0 Å². The molecule has 0 bridgehead atoms. The van der Waals surface area contributed by atoms with Gasteiger partial charge >= 0.3 is 11.8 Å². The van der Waals surface area contributed by atoms with Crippen LogP contribution >= 0.6 is 0 Å². The Bertz CT molecular complexity index is 2030. The molecule has 1 amide bonds. The number of nitrogens with two attached hydrogens (primary N) is 1. The monoisotopic (exact) mass is 651 g/mol. The fourth-order valence-corrected chi connectivity index (χ4v) is 6.53. The zero-order valence-corrected chi connectivity index (χ0v) is 27.7. The molecule has 3 aromatic heterocycles. The van der Waals surface area contributed by atoms with E-state index in [1.165, 1.54) is 16.7 Å². The SMILES string of the molecule is C[C@@H]1CN(c2nc(=O)n(-c3c(C4CC4)ncnc3C3CC3)c3nc(-c4cccc(F)c4N)c(C#N)cc23)[C@@H](C)CN1C(=O)OC(C)(C)C. The molecular weight excluding hydrogens is 613 g/mol. The highest BCUT2D eigenvalue weighted by Crippen LogP contribution is 2.47. The average Bonchev–Trinajstić information content (AvgIpc) is 3.95. The van der Waals surface area contributed by atoms with Crippen LogP contribution < -0.4 is 16.3 Å². The average molecular weight is 652 g/mol. The maximum absolute atomic E-state index is 14.7. The van der Waals surface area contributed by atoms with Gasteiger partial charge in [-0.1, -0.05) is 12.1 Å². The molecule has 0 unspecified atom stereocenters. The number of benzene rings is 1. The summed E-state index contributed by atoms with van der Waals surface area (Å²) >= 11 is 0. The summed E-state index contributed by atoms with van der Waals surface area (Å²) in [7, 11) is 0. The van der Waals surface area contributed by atoms with Crippen LogP contribution in [-0.2, 0) is 4.74 Å². The highest BCUT2D eigenvalue weighted by Gasteiger charge is 2.39. The van der Waals surface area contributed by atoms with Crippen LogP contribution in [0, 0.1) is 17.1 Å². The molecule has 1 aliphatic heterocycles. The van der Waals surface area contributed by atoms with E-state index >= 15 is 0 Å². The zero-order valence-electron chi connectivity index (χ0n) is 27.7. The number of para-hydroxylation sites is 1. The summed E-state index contributed by atoms with van der Waals surface area (Å²) in [4.78, 5) is 50.1. The molecule has 7 rings (SSSR count). The van der Waals surface area contributed by atoms with Crippen molar-refractivity contribution in [2.24, 2.45) is 0 Å². The number of anilines is 2. The Balaban J connectivity index is 1.46. The third-order valence-corrected chi connectivity index (χ3v) is 9.19. The van der Waals surface area contributed by atoms with Crippen LogP contribution in [0.15, 0.2) is 35.4 Å². The largest absolute Gasteiger partial charge is 0.444 e. The third-order valence-electron chi connectivity index (χ3n) is 9.19. The molecule has 2 atom stereocenters. The fourth-order valence-electron chi connectivity index (χ4n) is 6.53. The lowest BCUT2D eigenvalue weighted by molar-refractivity contribution is 0.0130. The number of nitrogens with zero attached hydrogens (tertiary/aromatic N) is 8. The Hall–Kier alpha value is -5.12. The summed E-state index contributed by atoms with van der Waals surface area (Å²) in [5.41, 5.74) is 7.74. The summed E-state index contributed by atoms with van der Waals surface area (Å²) in [6.07, 6.45) is 4.93. The number of nitriles is 1. The minimum Gasteiger partial charge on any atom is -0.444 e. The van der Waals surface area contributed by atoms with Gasteiger partial charge < -0.3 is 20.3 Å². The second-order valence-electron chi connectivity index (χ2n) is 14.1.